The van der Waals surface area contributed by atoms with Crippen LogP contribution in [0, 0.1) is 11.8 Å². The van der Waals surface area contributed by atoms with Crippen molar-refractivity contribution in [1.82, 2.24) is 4.90 Å². The van der Waals surface area contributed by atoms with Gasteiger partial charge in [0.25, 0.3) is 0 Å². The lowest BCUT2D eigenvalue weighted by Crippen LogP contribution is -2.31. The fourth-order valence-electron chi connectivity index (χ4n) is 1.28. The summed E-state index contributed by atoms with van der Waals surface area (Å²) in [5, 5.41) is 0. The van der Waals surface area contributed by atoms with E-state index in [1.165, 1.54) is 12.8 Å². The van der Waals surface area contributed by atoms with Crippen molar-refractivity contribution >= 4 is 5.78 Å². The van der Waals surface area contributed by atoms with Gasteiger partial charge in [-0.15, -0.1) is 0 Å². The third-order valence-electron chi connectivity index (χ3n) is 2.74. The SMILES string of the molecule is CC(C)C(=O)CN(C)CCOCC1CC1. The van der Waals surface area contributed by atoms with E-state index < -0.39 is 0 Å². The first-order chi connectivity index (χ1) is 7.09. The van der Waals surface area contributed by atoms with Gasteiger partial charge in [-0.05, 0) is 25.8 Å². The maximum atomic E-state index is 11.4. The normalized spacial score (nSPS) is 16.3. The molecule has 1 aliphatic carbocycles. The van der Waals surface area contributed by atoms with Crippen LogP contribution >= 0.6 is 0 Å². The van der Waals surface area contributed by atoms with Crippen LogP contribution in [0.4, 0.5) is 0 Å². The highest BCUT2D eigenvalue weighted by atomic mass is 16.5. The summed E-state index contributed by atoms with van der Waals surface area (Å²) < 4.78 is 5.52. The molecule has 1 fully saturated rings. The summed E-state index contributed by atoms with van der Waals surface area (Å²) in [6.45, 7) is 6.94. The molecule has 3 heteroatoms. The molecule has 0 N–H and O–H groups in total. The number of nitrogens with zero attached hydrogens (tertiary/aromatic N) is 1. The minimum atomic E-state index is 0.139. The lowest BCUT2D eigenvalue weighted by molar-refractivity contribution is -0.122. The van der Waals surface area contributed by atoms with Crippen molar-refractivity contribution in [3.63, 3.8) is 0 Å². The molecule has 0 amide bonds. The molecule has 0 aromatic carbocycles. The van der Waals surface area contributed by atoms with E-state index in [9.17, 15) is 4.79 Å². The fraction of sp³-hybridized carbons (Fsp3) is 0.917. The van der Waals surface area contributed by atoms with Crippen LogP contribution in [0.2, 0.25) is 0 Å². The molecule has 3 nitrogen and oxygen atoms in total. The molecule has 0 heterocycles. The summed E-state index contributed by atoms with van der Waals surface area (Å²) in [4.78, 5) is 13.5. The third-order valence-corrected chi connectivity index (χ3v) is 2.74. The number of rotatable bonds is 8. The summed E-state index contributed by atoms with van der Waals surface area (Å²) in [6, 6.07) is 0. The van der Waals surface area contributed by atoms with E-state index in [1.807, 2.05) is 25.8 Å². The highest BCUT2D eigenvalue weighted by Gasteiger charge is 2.21. The molecular formula is C12H23NO2. The standard InChI is InChI=1S/C12H23NO2/c1-10(2)12(14)8-13(3)6-7-15-9-11-4-5-11/h10-11H,4-9H2,1-3H3. The number of carbonyl (C=O) groups is 1. The van der Waals surface area contributed by atoms with Crippen molar-refractivity contribution in [3.8, 4) is 0 Å². The minimum Gasteiger partial charge on any atom is -0.380 e. The van der Waals surface area contributed by atoms with Crippen LogP contribution in [0.3, 0.4) is 0 Å². The first-order valence-corrected chi connectivity index (χ1v) is 5.88. The summed E-state index contributed by atoms with van der Waals surface area (Å²) >= 11 is 0. The smallest absolute Gasteiger partial charge is 0.149 e. The molecule has 1 saturated carbocycles. The number of hydrogen-bond donors (Lipinski definition) is 0. The van der Waals surface area contributed by atoms with Gasteiger partial charge in [-0.3, -0.25) is 9.69 Å². The van der Waals surface area contributed by atoms with Crippen LogP contribution in [-0.2, 0) is 9.53 Å². The largest absolute Gasteiger partial charge is 0.380 e. The molecule has 15 heavy (non-hydrogen) atoms. The second kappa shape index (κ2) is 6.23. The van der Waals surface area contributed by atoms with Gasteiger partial charge >= 0.3 is 0 Å². The zero-order chi connectivity index (χ0) is 11.3. The van der Waals surface area contributed by atoms with Gasteiger partial charge in [0.2, 0.25) is 0 Å². The van der Waals surface area contributed by atoms with Gasteiger partial charge in [-0.25, -0.2) is 0 Å². The van der Waals surface area contributed by atoms with Crippen molar-refractivity contribution in [3.05, 3.63) is 0 Å². The number of likely N-dealkylation sites (N-methyl/N-ethyl adjacent to an activating group) is 1. The van der Waals surface area contributed by atoms with Gasteiger partial charge in [-0.1, -0.05) is 13.8 Å². The first kappa shape index (κ1) is 12.7. The second-order valence-corrected chi connectivity index (χ2v) is 4.88. The van der Waals surface area contributed by atoms with E-state index >= 15 is 0 Å². The van der Waals surface area contributed by atoms with E-state index in [-0.39, 0.29) is 5.92 Å². The summed E-state index contributed by atoms with van der Waals surface area (Å²) in [6.07, 6.45) is 2.67. The Morgan fingerprint density at radius 2 is 2.13 bits per heavy atom. The molecule has 1 rings (SSSR count). The Balaban J connectivity index is 1.96. The highest BCUT2D eigenvalue weighted by molar-refractivity contribution is 5.82. The van der Waals surface area contributed by atoms with Crippen LogP contribution in [0.5, 0.6) is 0 Å². The lowest BCUT2D eigenvalue weighted by Gasteiger charge is -2.16. The number of hydrogen-bond acceptors (Lipinski definition) is 3. The van der Waals surface area contributed by atoms with Gasteiger partial charge in [-0.2, -0.15) is 0 Å². The van der Waals surface area contributed by atoms with E-state index in [1.54, 1.807) is 0 Å². The Kier molecular flexibility index (Phi) is 5.26. The fourth-order valence-corrected chi connectivity index (χ4v) is 1.28. The predicted octanol–water partition coefficient (Wildman–Crippen LogP) is 1.57. The number of ketones is 1. The maximum absolute atomic E-state index is 11.4. The average molecular weight is 213 g/mol. The van der Waals surface area contributed by atoms with Gasteiger partial charge in [0, 0.05) is 19.1 Å². The molecule has 0 spiro atoms. The molecule has 0 bridgehead atoms. The molecule has 0 unspecified atom stereocenters. The zero-order valence-electron chi connectivity index (χ0n) is 10.2. The zero-order valence-corrected chi connectivity index (χ0v) is 10.2. The van der Waals surface area contributed by atoms with Gasteiger partial charge < -0.3 is 4.74 Å². The average Bonchev–Trinajstić information content (AvgIpc) is 2.95. The molecule has 0 saturated heterocycles. The number of carbonyl (C=O) groups excluding carboxylic acids is 1. The molecule has 0 aromatic heterocycles. The Labute approximate surface area is 92.8 Å². The summed E-state index contributed by atoms with van der Waals surface area (Å²) in [7, 11) is 1.97. The Bertz CT molecular complexity index is 200. The van der Waals surface area contributed by atoms with Crippen LogP contribution in [0.15, 0.2) is 0 Å². The molecule has 0 atom stereocenters. The van der Waals surface area contributed by atoms with E-state index in [0.29, 0.717) is 12.3 Å². The molecular weight excluding hydrogens is 190 g/mol. The predicted molar refractivity (Wildman–Crippen MR) is 60.9 cm³/mol. The minimum absolute atomic E-state index is 0.139. The molecule has 88 valence electrons. The van der Waals surface area contributed by atoms with Crippen LogP contribution in [0.1, 0.15) is 26.7 Å². The Morgan fingerprint density at radius 1 is 1.47 bits per heavy atom. The summed E-state index contributed by atoms with van der Waals surface area (Å²) in [5.41, 5.74) is 0. The molecule has 1 aliphatic rings. The number of Topliss-reactive ketones (excluding diaryl/α,β-unsaturated/α-hetero) is 1. The first-order valence-electron chi connectivity index (χ1n) is 5.88. The van der Waals surface area contributed by atoms with Crippen molar-refractivity contribution in [2.75, 3.05) is 33.4 Å². The molecule has 0 aliphatic heterocycles. The van der Waals surface area contributed by atoms with Gasteiger partial charge in [0.1, 0.15) is 5.78 Å². The summed E-state index contributed by atoms with van der Waals surface area (Å²) in [5.74, 6) is 1.27. The van der Waals surface area contributed by atoms with Crippen molar-refractivity contribution in [2.24, 2.45) is 11.8 Å². The quantitative estimate of drug-likeness (QED) is 0.573. The van der Waals surface area contributed by atoms with Crippen LogP contribution < -0.4 is 0 Å². The maximum Gasteiger partial charge on any atom is 0.149 e. The monoisotopic (exact) mass is 213 g/mol. The molecule has 0 radical (unpaired) electrons. The van der Waals surface area contributed by atoms with Crippen molar-refractivity contribution in [1.29, 1.82) is 0 Å². The highest BCUT2D eigenvalue weighted by Crippen LogP contribution is 2.28. The van der Waals surface area contributed by atoms with Gasteiger partial charge in [0.05, 0.1) is 13.2 Å². The Hall–Kier alpha value is -0.410. The topological polar surface area (TPSA) is 29.5 Å². The van der Waals surface area contributed by atoms with Crippen LogP contribution in [0.25, 0.3) is 0 Å². The Morgan fingerprint density at radius 3 is 2.67 bits per heavy atom. The van der Waals surface area contributed by atoms with Crippen LogP contribution in [-0.4, -0.2) is 44.0 Å². The third kappa shape index (κ3) is 5.90. The lowest BCUT2D eigenvalue weighted by atomic mass is 10.1. The number of ether oxygens (including phenoxy) is 1. The van der Waals surface area contributed by atoms with Crippen molar-refractivity contribution in [2.45, 2.75) is 26.7 Å². The molecule has 0 aromatic rings. The van der Waals surface area contributed by atoms with E-state index in [0.717, 1.165) is 25.7 Å². The van der Waals surface area contributed by atoms with Crippen molar-refractivity contribution < 1.29 is 9.53 Å². The second-order valence-electron chi connectivity index (χ2n) is 4.88. The van der Waals surface area contributed by atoms with E-state index in [2.05, 4.69) is 0 Å². The van der Waals surface area contributed by atoms with Gasteiger partial charge in [0.15, 0.2) is 0 Å². The van der Waals surface area contributed by atoms with E-state index in [4.69, 9.17) is 4.74 Å².